The van der Waals surface area contributed by atoms with Gasteiger partial charge in [-0.25, -0.2) is 9.78 Å². The number of aliphatic hydroxyl groups excluding tert-OH is 1. The highest BCUT2D eigenvalue weighted by molar-refractivity contribution is 5.73. The number of ether oxygens (including phenoxy) is 3. The Labute approximate surface area is 237 Å². The Morgan fingerprint density at radius 2 is 1.78 bits per heavy atom. The van der Waals surface area contributed by atoms with Crippen LogP contribution in [0.15, 0.2) is 54.7 Å². The van der Waals surface area contributed by atoms with E-state index in [1.54, 1.807) is 23.0 Å². The highest BCUT2D eigenvalue weighted by Crippen LogP contribution is 2.22. The van der Waals surface area contributed by atoms with Gasteiger partial charge in [-0.2, -0.15) is 9.67 Å². The summed E-state index contributed by atoms with van der Waals surface area (Å²) in [5.41, 5.74) is 2.01. The van der Waals surface area contributed by atoms with Gasteiger partial charge in [-0.05, 0) is 70.0 Å². The van der Waals surface area contributed by atoms with Gasteiger partial charge in [-0.15, -0.1) is 5.10 Å². The molecule has 13 nitrogen and oxygen atoms in total. The number of nitrogens with zero attached hydrogens (tertiary/aromatic N) is 5. The van der Waals surface area contributed by atoms with Crippen molar-refractivity contribution in [1.82, 2.24) is 30.3 Å². The van der Waals surface area contributed by atoms with Crippen LogP contribution in [0.5, 0.6) is 11.5 Å². The minimum atomic E-state index is -1.33. The molecule has 0 saturated heterocycles. The van der Waals surface area contributed by atoms with Crippen LogP contribution in [0.4, 0.5) is 16.4 Å². The van der Waals surface area contributed by atoms with Gasteiger partial charge in [0.05, 0.1) is 25.1 Å². The summed E-state index contributed by atoms with van der Waals surface area (Å²) in [6, 6.07) is 14.7. The van der Waals surface area contributed by atoms with Gasteiger partial charge in [-0.1, -0.05) is 11.3 Å². The number of rotatable bonds is 13. The molecule has 0 radical (unpaired) electrons. The Hall–Kier alpha value is -4.49. The van der Waals surface area contributed by atoms with Crippen LogP contribution < -0.4 is 20.1 Å². The number of carbonyl (C=O) groups excluding carboxylic acids is 1. The zero-order chi connectivity index (χ0) is 29.2. The van der Waals surface area contributed by atoms with E-state index in [2.05, 4.69) is 30.9 Å². The molecule has 4 aromatic rings. The number of fused-ring (bicyclic) bond motifs is 1. The molecule has 0 aliphatic rings. The molecule has 41 heavy (non-hydrogen) atoms. The molecular weight excluding hydrogens is 530 g/mol. The molecule has 0 aliphatic heterocycles. The van der Waals surface area contributed by atoms with Crippen LogP contribution in [0.3, 0.4) is 0 Å². The lowest BCUT2D eigenvalue weighted by molar-refractivity contribution is -0.0479. The third kappa shape index (κ3) is 9.29. The lowest BCUT2D eigenvalue weighted by Crippen LogP contribution is -2.33. The molecule has 13 heteroatoms. The van der Waals surface area contributed by atoms with Crippen LogP contribution in [-0.4, -0.2) is 72.9 Å². The van der Waals surface area contributed by atoms with Gasteiger partial charge in [-0.3, -0.25) is 0 Å². The Morgan fingerprint density at radius 3 is 2.54 bits per heavy atom. The summed E-state index contributed by atoms with van der Waals surface area (Å²) in [7, 11) is 0. The van der Waals surface area contributed by atoms with E-state index < -0.39 is 18.0 Å². The zero-order valence-corrected chi connectivity index (χ0v) is 23.3. The van der Waals surface area contributed by atoms with Gasteiger partial charge < -0.3 is 35.1 Å². The van der Waals surface area contributed by atoms with E-state index in [4.69, 9.17) is 24.4 Å². The molecule has 2 aromatic carbocycles. The number of hydrogen-bond acceptors (Lipinski definition) is 11. The number of alkyl carbamates (subject to hydrolysis) is 1. The molecule has 0 bridgehead atoms. The molecule has 0 saturated carbocycles. The summed E-state index contributed by atoms with van der Waals surface area (Å²) in [4.78, 5) is 20.7. The maximum absolute atomic E-state index is 11.7. The minimum Gasteiger partial charge on any atom is -0.494 e. The summed E-state index contributed by atoms with van der Waals surface area (Å²) in [6.07, 6.45) is 1.23. The Balaban J connectivity index is 1.32. The molecule has 0 fully saturated rings. The fourth-order valence-corrected chi connectivity index (χ4v) is 3.66. The fraction of sp³-hybridized carbons (Fsp3) is 0.393. The number of amides is 1. The number of benzene rings is 2. The maximum Gasteiger partial charge on any atom is 0.407 e. The lowest BCUT2D eigenvalue weighted by atomic mass is 10.2. The van der Waals surface area contributed by atoms with Gasteiger partial charge in [0.1, 0.15) is 17.1 Å². The number of hydrogen-bond donors (Lipinski definition) is 4. The van der Waals surface area contributed by atoms with Crippen LogP contribution >= 0.6 is 0 Å². The second kappa shape index (κ2) is 13.7. The third-order valence-electron chi connectivity index (χ3n) is 5.50. The first-order chi connectivity index (χ1) is 19.7. The molecule has 4 rings (SSSR count). The van der Waals surface area contributed by atoms with E-state index >= 15 is 0 Å². The standard InChI is InChI=1S/C28H35N7O6/c1-28(2,3)41-27(38)29-14-6-16-40-22-8-4-7-19(17-22)31-26-30-18-23-25(32-26)35(34-33-23)20-10-12-21(13-11-20)39-15-5-9-24(36)37/h4,7-8,10-13,17-18,24,36-37H,5-6,9,14-16H2,1-3H3,(H,29,38)(H,30,31,32). The van der Waals surface area contributed by atoms with E-state index in [0.717, 1.165) is 11.4 Å². The average Bonchev–Trinajstić information content (AvgIpc) is 3.34. The average molecular weight is 566 g/mol. The summed E-state index contributed by atoms with van der Waals surface area (Å²) in [5, 5.41) is 32.1. The second-order valence-corrected chi connectivity index (χ2v) is 10.2. The molecule has 0 atom stereocenters. The van der Waals surface area contributed by atoms with Crippen LogP contribution in [-0.2, 0) is 4.74 Å². The summed E-state index contributed by atoms with van der Waals surface area (Å²) in [5.74, 6) is 1.68. The minimum absolute atomic E-state index is 0.255. The molecule has 4 N–H and O–H groups in total. The Bertz CT molecular complexity index is 1420. The Morgan fingerprint density at radius 1 is 1.02 bits per heavy atom. The number of aliphatic hydroxyl groups is 2. The van der Waals surface area contributed by atoms with Crippen molar-refractivity contribution in [1.29, 1.82) is 0 Å². The monoisotopic (exact) mass is 565 g/mol. The highest BCUT2D eigenvalue weighted by Gasteiger charge is 2.15. The molecule has 1 amide bonds. The molecule has 0 unspecified atom stereocenters. The SMILES string of the molecule is CC(C)(C)OC(=O)NCCCOc1cccc(Nc2ncc3nnn(-c4ccc(OCCCC(O)O)cc4)c3n2)c1. The Kier molecular flexibility index (Phi) is 9.87. The van der Waals surface area contributed by atoms with Crippen molar-refractivity contribution in [2.24, 2.45) is 0 Å². The van der Waals surface area contributed by atoms with Crippen LogP contribution in [0.1, 0.15) is 40.0 Å². The van der Waals surface area contributed by atoms with E-state index in [9.17, 15) is 4.79 Å². The van der Waals surface area contributed by atoms with Crippen LogP contribution in [0.25, 0.3) is 16.9 Å². The molecular formula is C28H35N7O6. The van der Waals surface area contributed by atoms with Crippen LogP contribution in [0, 0.1) is 0 Å². The van der Waals surface area contributed by atoms with E-state index in [1.807, 2.05) is 57.2 Å². The summed E-state index contributed by atoms with van der Waals surface area (Å²) in [6.45, 7) is 6.69. The zero-order valence-electron chi connectivity index (χ0n) is 23.3. The number of nitrogens with one attached hydrogen (secondary N) is 2. The third-order valence-corrected chi connectivity index (χ3v) is 5.50. The number of aromatic nitrogens is 5. The van der Waals surface area contributed by atoms with Crippen molar-refractivity contribution < 1.29 is 29.2 Å². The van der Waals surface area contributed by atoms with Gasteiger partial charge in [0.15, 0.2) is 17.5 Å². The summed E-state index contributed by atoms with van der Waals surface area (Å²) < 4.78 is 18.3. The lowest BCUT2D eigenvalue weighted by Gasteiger charge is -2.19. The largest absolute Gasteiger partial charge is 0.494 e. The second-order valence-electron chi connectivity index (χ2n) is 10.2. The predicted molar refractivity (Wildman–Crippen MR) is 151 cm³/mol. The molecule has 2 aromatic heterocycles. The maximum atomic E-state index is 11.7. The molecule has 2 heterocycles. The van der Waals surface area contributed by atoms with Crippen molar-refractivity contribution in [2.75, 3.05) is 25.1 Å². The topological polar surface area (TPSA) is 166 Å². The summed E-state index contributed by atoms with van der Waals surface area (Å²) >= 11 is 0. The van der Waals surface area contributed by atoms with Gasteiger partial charge in [0, 0.05) is 24.7 Å². The van der Waals surface area contributed by atoms with E-state index in [0.29, 0.717) is 61.2 Å². The van der Waals surface area contributed by atoms with Crippen molar-refractivity contribution in [2.45, 2.75) is 51.9 Å². The number of anilines is 2. The van der Waals surface area contributed by atoms with Crippen molar-refractivity contribution in [3.8, 4) is 17.2 Å². The quantitative estimate of drug-likeness (QED) is 0.138. The van der Waals surface area contributed by atoms with Crippen molar-refractivity contribution in [3.63, 3.8) is 0 Å². The first kappa shape index (κ1) is 29.5. The van der Waals surface area contributed by atoms with Gasteiger partial charge in [0.2, 0.25) is 5.95 Å². The molecule has 0 spiro atoms. The molecule has 218 valence electrons. The van der Waals surface area contributed by atoms with Gasteiger partial charge in [0.25, 0.3) is 0 Å². The predicted octanol–water partition coefficient (Wildman–Crippen LogP) is 3.72. The smallest absolute Gasteiger partial charge is 0.407 e. The highest BCUT2D eigenvalue weighted by atomic mass is 16.6. The number of carbonyl (C=O) groups is 1. The normalized spacial score (nSPS) is 11.5. The first-order valence-electron chi connectivity index (χ1n) is 13.3. The fourth-order valence-electron chi connectivity index (χ4n) is 3.66. The molecule has 0 aliphatic carbocycles. The van der Waals surface area contributed by atoms with Crippen LogP contribution in [0.2, 0.25) is 0 Å². The van der Waals surface area contributed by atoms with Gasteiger partial charge >= 0.3 is 6.09 Å². The van der Waals surface area contributed by atoms with E-state index in [-0.39, 0.29) is 6.42 Å². The van der Waals surface area contributed by atoms with E-state index in [1.165, 1.54) is 0 Å². The van der Waals surface area contributed by atoms with Crippen molar-refractivity contribution >= 4 is 28.9 Å². The van der Waals surface area contributed by atoms with Crippen molar-refractivity contribution in [3.05, 3.63) is 54.7 Å². The first-order valence-corrected chi connectivity index (χ1v) is 13.3.